The molecule has 4 heterocycles. The van der Waals surface area contributed by atoms with Gasteiger partial charge in [-0.05, 0) is 19.9 Å². The fraction of sp³-hybridized carbons (Fsp3) is 0.529. The highest BCUT2D eigenvalue weighted by Gasteiger charge is 2.42. The predicted octanol–water partition coefficient (Wildman–Crippen LogP) is 2.47. The number of halogens is 3. The molecule has 0 radical (unpaired) electrons. The van der Waals surface area contributed by atoms with Gasteiger partial charge in [-0.3, -0.25) is 0 Å². The monoisotopic (exact) mass is 364 g/mol. The minimum Gasteiger partial charge on any atom is -0.356 e. The van der Waals surface area contributed by atoms with Gasteiger partial charge in [0.2, 0.25) is 5.95 Å². The first-order chi connectivity index (χ1) is 12.3. The van der Waals surface area contributed by atoms with Crippen molar-refractivity contribution in [2.75, 3.05) is 36.0 Å². The number of anilines is 2. The van der Waals surface area contributed by atoms with Gasteiger partial charge in [0, 0.05) is 55.5 Å². The number of nitrogens with zero attached hydrogens (tertiary/aromatic N) is 6. The van der Waals surface area contributed by atoms with Crippen LogP contribution in [0.1, 0.15) is 17.0 Å². The Morgan fingerprint density at radius 2 is 1.62 bits per heavy atom. The Labute approximate surface area is 149 Å². The van der Waals surface area contributed by atoms with Crippen LogP contribution in [-0.2, 0) is 6.18 Å². The molecule has 2 aromatic heterocycles. The van der Waals surface area contributed by atoms with Gasteiger partial charge < -0.3 is 9.80 Å². The summed E-state index contributed by atoms with van der Waals surface area (Å²) in [6, 6.07) is 0.905. The molecule has 0 aromatic carbocycles. The summed E-state index contributed by atoms with van der Waals surface area (Å²) in [5, 5.41) is 0. The molecule has 9 heteroatoms. The Kier molecular flexibility index (Phi) is 3.96. The highest BCUT2D eigenvalue weighted by atomic mass is 19.4. The lowest BCUT2D eigenvalue weighted by molar-refractivity contribution is -0.141. The third kappa shape index (κ3) is 2.95. The van der Waals surface area contributed by atoms with Gasteiger partial charge in [-0.25, -0.2) is 19.9 Å². The molecular formula is C17H19F3N6. The molecule has 4 rings (SSSR count). The zero-order valence-electron chi connectivity index (χ0n) is 14.5. The van der Waals surface area contributed by atoms with Crippen LogP contribution in [-0.4, -0.2) is 46.1 Å². The molecule has 0 N–H and O–H groups in total. The maximum absolute atomic E-state index is 12.9. The molecule has 26 heavy (non-hydrogen) atoms. The summed E-state index contributed by atoms with van der Waals surface area (Å²) in [4.78, 5) is 20.5. The van der Waals surface area contributed by atoms with Crippen molar-refractivity contribution < 1.29 is 13.2 Å². The topological polar surface area (TPSA) is 58.0 Å². The highest BCUT2D eigenvalue weighted by Crippen LogP contribution is 2.36. The SMILES string of the molecule is Cc1ncnc(N2CC3CN(c4nccc(C(F)(F)F)n4)CC3C2)c1C. The van der Waals surface area contributed by atoms with E-state index in [4.69, 9.17) is 0 Å². The van der Waals surface area contributed by atoms with Crippen LogP contribution in [0.2, 0.25) is 0 Å². The summed E-state index contributed by atoms with van der Waals surface area (Å²) in [6.07, 6.45) is -1.69. The average Bonchev–Trinajstić information content (AvgIpc) is 3.15. The van der Waals surface area contributed by atoms with Gasteiger partial charge >= 0.3 is 6.18 Å². The van der Waals surface area contributed by atoms with E-state index in [2.05, 4.69) is 24.8 Å². The molecule has 138 valence electrons. The Hall–Kier alpha value is -2.45. The summed E-state index contributed by atoms with van der Waals surface area (Å²) in [5.41, 5.74) is 1.14. The first-order valence-electron chi connectivity index (χ1n) is 8.51. The number of aryl methyl sites for hydroxylation is 1. The number of aromatic nitrogens is 4. The Balaban J connectivity index is 1.48. The molecule has 0 aliphatic carbocycles. The summed E-state index contributed by atoms with van der Waals surface area (Å²) in [6.45, 7) is 6.96. The van der Waals surface area contributed by atoms with E-state index in [0.717, 1.165) is 36.2 Å². The van der Waals surface area contributed by atoms with E-state index in [1.54, 1.807) is 6.33 Å². The van der Waals surface area contributed by atoms with Crippen LogP contribution < -0.4 is 9.80 Å². The molecule has 2 saturated heterocycles. The molecule has 2 aliphatic heterocycles. The van der Waals surface area contributed by atoms with Gasteiger partial charge in [-0.2, -0.15) is 13.2 Å². The molecule has 2 fully saturated rings. The van der Waals surface area contributed by atoms with Crippen molar-refractivity contribution in [3.05, 3.63) is 35.5 Å². The average molecular weight is 364 g/mol. The van der Waals surface area contributed by atoms with Crippen molar-refractivity contribution in [3.63, 3.8) is 0 Å². The largest absolute Gasteiger partial charge is 0.433 e. The summed E-state index contributed by atoms with van der Waals surface area (Å²) >= 11 is 0. The van der Waals surface area contributed by atoms with Crippen LogP contribution in [0.4, 0.5) is 24.9 Å². The van der Waals surface area contributed by atoms with E-state index in [9.17, 15) is 13.2 Å². The van der Waals surface area contributed by atoms with E-state index in [1.807, 2.05) is 18.7 Å². The number of hydrogen-bond acceptors (Lipinski definition) is 6. The van der Waals surface area contributed by atoms with Gasteiger partial charge in [-0.1, -0.05) is 0 Å². The van der Waals surface area contributed by atoms with Crippen LogP contribution in [0.25, 0.3) is 0 Å². The number of fused-ring (bicyclic) bond motifs is 1. The fourth-order valence-corrected chi connectivity index (χ4v) is 3.83. The third-order valence-corrected chi connectivity index (χ3v) is 5.31. The van der Waals surface area contributed by atoms with Crippen molar-refractivity contribution in [1.82, 2.24) is 19.9 Å². The molecular weight excluding hydrogens is 345 g/mol. The van der Waals surface area contributed by atoms with E-state index in [1.165, 1.54) is 6.20 Å². The zero-order valence-corrected chi connectivity index (χ0v) is 14.5. The normalized spacial score (nSPS) is 22.8. The first-order valence-corrected chi connectivity index (χ1v) is 8.51. The summed E-state index contributed by atoms with van der Waals surface area (Å²) in [7, 11) is 0. The van der Waals surface area contributed by atoms with Gasteiger partial charge in [-0.15, -0.1) is 0 Å². The Morgan fingerprint density at radius 3 is 2.27 bits per heavy atom. The molecule has 0 spiro atoms. The van der Waals surface area contributed by atoms with Crippen molar-refractivity contribution in [3.8, 4) is 0 Å². The Morgan fingerprint density at radius 1 is 0.962 bits per heavy atom. The summed E-state index contributed by atoms with van der Waals surface area (Å²) < 4.78 is 38.6. The molecule has 2 unspecified atom stereocenters. The lowest BCUT2D eigenvalue weighted by Gasteiger charge is -2.24. The number of rotatable bonds is 2. The highest BCUT2D eigenvalue weighted by molar-refractivity contribution is 5.49. The minimum absolute atomic E-state index is 0.162. The number of alkyl halides is 3. The second-order valence-electron chi connectivity index (χ2n) is 6.98. The van der Waals surface area contributed by atoms with E-state index in [-0.39, 0.29) is 5.95 Å². The summed E-state index contributed by atoms with van der Waals surface area (Å²) in [5.74, 6) is 1.84. The molecule has 0 bridgehead atoms. The smallest absolute Gasteiger partial charge is 0.356 e. The second kappa shape index (κ2) is 6.07. The second-order valence-corrected chi connectivity index (χ2v) is 6.98. The van der Waals surface area contributed by atoms with Gasteiger partial charge in [0.25, 0.3) is 0 Å². The molecule has 0 amide bonds. The maximum Gasteiger partial charge on any atom is 0.433 e. The van der Waals surface area contributed by atoms with Crippen LogP contribution in [0, 0.1) is 25.7 Å². The van der Waals surface area contributed by atoms with Gasteiger partial charge in [0.15, 0.2) is 0 Å². The minimum atomic E-state index is -4.45. The van der Waals surface area contributed by atoms with Gasteiger partial charge in [0.1, 0.15) is 17.8 Å². The van der Waals surface area contributed by atoms with Crippen molar-refractivity contribution >= 4 is 11.8 Å². The Bertz CT molecular complexity index is 810. The molecule has 2 atom stereocenters. The van der Waals surface area contributed by atoms with Crippen LogP contribution in [0.15, 0.2) is 18.6 Å². The fourth-order valence-electron chi connectivity index (χ4n) is 3.83. The molecule has 2 aromatic rings. The molecule has 6 nitrogen and oxygen atoms in total. The predicted molar refractivity (Wildman–Crippen MR) is 89.9 cm³/mol. The quantitative estimate of drug-likeness (QED) is 0.816. The molecule has 2 aliphatic rings. The van der Waals surface area contributed by atoms with Crippen LogP contribution in [0.5, 0.6) is 0 Å². The van der Waals surface area contributed by atoms with Gasteiger partial charge in [0.05, 0.1) is 0 Å². The van der Waals surface area contributed by atoms with E-state index < -0.39 is 11.9 Å². The van der Waals surface area contributed by atoms with Crippen molar-refractivity contribution in [1.29, 1.82) is 0 Å². The standard InChI is InChI=1S/C17H19F3N6/c1-10-11(2)22-9-23-15(10)25-5-12-7-26(8-13(12)6-25)16-21-4-3-14(24-16)17(18,19)20/h3-4,9,12-13H,5-8H2,1-2H3. The number of hydrogen-bond donors (Lipinski definition) is 0. The van der Waals surface area contributed by atoms with Crippen LogP contribution in [0.3, 0.4) is 0 Å². The lowest BCUT2D eigenvalue weighted by Crippen LogP contribution is -2.31. The van der Waals surface area contributed by atoms with Crippen molar-refractivity contribution in [2.45, 2.75) is 20.0 Å². The molecule has 0 saturated carbocycles. The van der Waals surface area contributed by atoms with E-state index in [0.29, 0.717) is 24.9 Å². The third-order valence-electron chi connectivity index (χ3n) is 5.31. The first kappa shape index (κ1) is 17.0. The lowest BCUT2D eigenvalue weighted by atomic mass is 10.0. The maximum atomic E-state index is 12.9. The van der Waals surface area contributed by atoms with Crippen LogP contribution >= 0.6 is 0 Å². The van der Waals surface area contributed by atoms with Crippen molar-refractivity contribution in [2.24, 2.45) is 11.8 Å². The van der Waals surface area contributed by atoms with E-state index >= 15 is 0 Å². The zero-order chi connectivity index (χ0) is 18.5.